The van der Waals surface area contributed by atoms with Crippen molar-refractivity contribution >= 4 is 28.2 Å². The zero-order valence-corrected chi connectivity index (χ0v) is 9.71. The van der Waals surface area contributed by atoms with Crippen LogP contribution >= 0.6 is 11.3 Å². The van der Waals surface area contributed by atoms with Gasteiger partial charge in [0.1, 0.15) is 10.6 Å². The molecule has 2 aromatic heterocycles. The van der Waals surface area contributed by atoms with Crippen LogP contribution in [-0.4, -0.2) is 17.0 Å². The number of amides is 1. The molecular formula is C11H9NO4S. The molecule has 0 spiro atoms. The van der Waals surface area contributed by atoms with Crippen molar-refractivity contribution in [1.82, 2.24) is 0 Å². The van der Waals surface area contributed by atoms with Crippen LogP contribution in [0.15, 0.2) is 28.7 Å². The number of anilines is 1. The minimum atomic E-state index is -1.01. The standard InChI is InChI=1S/C11H9NO4S/c1-6-2-3-7(16-6)10(13)12-9-5-4-8(17-9)11(14)15/h2-5H,1H3,(H,12,13)(H,14,15). The summed E-state index contributed by atoms with van der Waals surface area (Å²) in [5.74, 6) is -0.554. The summed E-state index contributed by atoms with van der Waals surface area (Å²) in [6.07, 6.45) is 0. The zero-order valence-electron chi connectivity index (χ0n) is 8.89. The second-order valence-electron chi connectivity index (χ2n) is 3.33. The number of carbonyl (C=O) groups excluding carboxylic acids is 1. The monoisotopic (exact) mass is 251 g/mol. The average molecular weight is 251 g/mol. The number of thiophene rings is 1. The highest BCUT2D eigenvalue weighted by Crippen LogP contribution is 2.22. The predicted molar refractivity (Wildman–Crippen MR) is 62.7 cm³/mol. The van der Waals surface area contributed by atoms with Crippen molar-refractivity contribution in [3.05, 3.63) is 40.7 Å². The molecule has 0 saturated heterocycles. The minimum absolute atomic E-state index is 0.177. The van der Waals surface area contributed by atoms with Gasteiger partial charge in [0.05, 0.1) is 5.00 Å². The summed E-state index contributed by atoms with van der Waals surface area (Å²) in [5.41, 5.74) is 0. The maximum Gasteiger partial charge on any atom is 0.345 e. The summed E-state index contributed by atoms with van der Waals surface area (Å²) >= 11 is 0.998. The molecule has 2 rings (SSSR count). The van der Waals surface area contributed by atoms with Crippen molar-refractivity contribution in [2.24, 2.45) is 0 Å². The number of carboxylic acids is 1. The Labute approximate surface area is 101 Å². The molecule has 0 aromatic carbocycles. The Hall–Kier alpha value is -2.08. The summed E-state index contributed by atoms with van der Waals surface area (Å²) in [6, 6.07) is 6.24. The van der Waals surface area contributed by atoms with E-state index in [4.69, 9.17) is 9.52 Å². The highest BCUT2D eigenvalue weighted by molar-refractivity contribution is 7.18. The van der Waals surface area contributed by atoms with Crippen LogP contribution in [0.2, 0.25) is 0 Å². The topological polar surface area (TPSA) is 79.5 Å². The van der Waals surface area contributed by atoms with E-state index in [1.807, 2.05) is 0 Å². The van der Waals surface area contributed by atoms with Crippen molar-refractivity contribution in [3.63, 3.8) is 0 Å². The SMILES string of the molecule is Cc1ccc(C(=O)Nc2ccc(C(=O)O)s2)o1. The van der Waals surface area contributed by atoms with E-state index >= 15 is 0 Å². The molecule has 0 saturated carbocycles. The van der Waals surface area contributed by atoms with Gasteiger partial charge in [-0.25, -0.2) is 4.79 Å². The first-order chi connectivity index (χ1) is 8.06. The van der Waals surface area contributed by atoms with E-state index in [0.717, 1.165) is 11.3 Å². The third-order valence-electron chi connectivity index (χ3n) is 2.02. The van der Waals surface area contributed by atoms with E-state index in [9.17, 15) is 9.59 Å². The van der Waals surface area contributed by atoms with Crippen molar-refractivity contribution in [2.75, 3.05) is 5.32 Å². The van der Waals surface area contributed by atoms with Crippen LogP contribution in [0.3, 0.4) is 0 Å². The molecule has 17 heavy (non-hydrogen) atoms. The molecule has 0 aliphatic rings. The molecule has 0 bridgehead atoms. The molecule has 6 heteroatoms. The molecule has 0 unspecified atom stereocenters. The van der Waals surface area contributed by atoms with Crippen molar-refractivity contribution in [3.8, 4) is 0 Å². The number of nitrogens with one attached hydrogen (secondary N) is 1. The average Bonchev–Trinajstić information content (AvgIpc) is 2.86. The first-order valence-electron chi connectivity index (χ1n) is 4.77. The van der Waals surface area contributed by atoms with E-state index in [0.29, 0.717) is 10.8 Å². The fourth-order valence-electron chi connectivity index (χ4n) is 1.25. The number of carboxylic acid groups (broad SMARTS) is 1. The number of hydrogen-bond acceptors (Lipinski definition) is 4. The highest BCUT2D eigenvalue weighted by atomic mass is 32.1. The van der Waals surface area contributed by atoms with Crippen LogP contribution < -0.4 is 5.32 Å². The number of carbonyl (C=O) groups is 2. The predicted octanol–water partition coefficient (Wildman–Crippen LogP) is 2.60. The first kappa shape index (κ1) is 11.4. The summed E-state index contributed by atoms with van der Waals surface area (Å²) in [4.78, 5) is 22.5. The van der Waals surface area contributed by atoms with Gasteiger partial charge in [-0.3, -0.25) is 4.79 Å². The molecule has 0 radical (unpaired) electrons. The molecule has 0 atom stereocenters. The van der Waals surface area contributed by atoms with Gasteiger partial charge in [-0.05, 0) is 31.2 Å². The summed E-state index contributed by atoms with van der Waals surface area (Å²) in [6.45, 7) is 1.74. The highest BCUT2D eigenvalue weighted by Gasteiger charge is 2.13. The maximum atomic E-state index is 11.7. The van der Waals surface area contributed by atoms with Gasteiger partial charge in [0.2, 0.25) is 0 Å². The fourth-order valence-corrected chi connectivity index (χ4v) is 1.99. The molecule has 2 N–H and O–H groups in total. The van der Waals surface area contributed by atoms with Crippen molar-refractivity contribution in [1.29, 1.82) is 0 Å². The van der Waals surface area contributed by atoms with E-state index in [2.05, 4.69) is 5.32 Å². The lowest BCUT2D eigenvalue weighted by atomic mass is 10.4. The van der Waals surface area contributed by atoms with Crippen LogP contribution in [0.4, 0.5) is 5.00 Å². The molecule has 2 aromatic rings. The summed E-state index contributed by atoms with van der Waals surface area (Å²) in [7, 11) is 0. The third kappa shape index (κ3) is 2.54. The van der Waals surface area contributed by atoms with Crippen molar-refractivity contribution < 1.29 is 19.1 Å². The Balaban J connectivity index is 2.10. The first-order valence-corrected chi connectivity index (χ1v) is 5.59. The fraction of sp³-hybridized carbons (Fsp3) is 0.0909. The zero-order chi connectivity index (χ0) is 12.4. The molecular weight excluding hydrogens is 242 g/mol. The second kappa shape index (κ2) is 4.42. The molecule has 1 amide bonds. The van der Waals surface area contributed by atoms with E-state index in [-0.39, 0.29) is 10.6 Å². The van der Waals surface area contributed by atoms with Gasteiger partial charge in [0.15, 0.2) is 5.76 Å². The van der Waals surface area contributed by atoms with Crippen LogP contribution in [0.5, 0.6) is 0 Å². The van der Waals surface area contributed by atoms with Crippen LogP contribution in [0.25, 0.3) is 0 Å². The molecule has 5 nitrogen and oxygen atoms in total. The number of aryl methyl sites for hydroxylation is 1. The quantitative estimate of drug-likeness (QED) is 0.878. The Morgan fingerprint density at radius 1 is 1.29 bits per heavy atom. The Kier molecular flexibility index (Phi) is 2.97. The number of rotatable bonds is 3. The Bertz CT molecular complexity index is 570. The summed E-state index contributed by atoms with van der Waals surface area (Å²) < 4.78 is 5.15. The lowest BCUT2D eigenvalue weighted by Gasteiger charge is -1.98. The van der Waals surface area contributed by atoms with E-state index < -0.39 is 11.9 Å². The largest absolute Gasteiger partial charge is 0.477 e. The van der Waals surface area contributed by atoms with Crippen LogP contribution in [0, 0.1) is 6.92 Å². The van der Waals surface area contributed by atoms with E-state index in [1.54, 1.807) is 25.1 Å². The van der Waals surface area contributed by atoms with Gasteiger partial charge in [-0.1, -0.05) is 0 Å². The Morgan fingerprint density at radius 3 is 2.59 bits per heavy atom. The number of hydrogen-bond donors (Lipinski definition) is 2. The number of aromatic carboxylic acids is 1. The van der Waals surface area contributed by atoms with Gasteiger partial charge in [0, 0.05) is 0 Å². The van der Waals surface area contributed by atoms with Crippen LogP contribution in [0.1, 0.15) is 26.0 Å². The Morgan fingerprint density at radius 2 is 2.06 bits per heavy atom. The van der Waals surface area contributed by atoms with Crippen molar-refractivity contribution in [2.45, 2.75) is 6.92 Å². The van der Waals surface area contributed by atoms with E-state index in [1.165, 1.54) is 6.07 Å². The molecule has 88 valence electrons. The lowest BCUT2D eigenvalue weighted by Crippen LogP contribution is -2.09. The molecule has 0 fully saturated rings. The van der Waals surface area contributed by atoms with Gasteiger partial charge >= 0.3 is 5.97 Å². The normalized spacial score (nSPS) is 10.2. The number of furan rings is 1. The summed E-state index contributed by atoms with van der Waals surface area (Å²) in [5, 5.41) is 11.8. The van der Waals surface area contributed by atoms with Gasteiger partial charge in [-0.2, -0.15) is 0 Å². The minimum Gasteiger partial charge on any atom is -0.477 e. The second-order valence-corrected chi connectivity index (χ2v) is 4.42. The molecule has 2 heterocycles. The maximum absolute atomic E-state index is 11.7. The molecule has 0 aliphatic carbocycles. The van der Waals surface area contributed by atoms with Gasteiger partial charge in [0.25, 0.3) is 5.91 Å². The lowest BCUT2D eigenvalue weighted by molar-refractivity contribution is 0.0702. The third-order valence-corrected chi connectivity index (χ3v) is 3.01. The van der Waals surface area contributed by atoms with Crippen LogP contribution in [-0.2, 0) is 0 Å². The van der Waals surface area contributed by atoms with Gasteiger partial charge < -0.3 is 14.8 Å². The van der Waals surface area contributed by atoms with Gasteiger partial charge in [-0.15, -0.1) is 11.3 Å². The smallest absolute Gasteiger partial charge is 0.345 e. The molecule has 0 aliphatic heterocycles.